The van der Waals surface area contributed by atoms with Gasteiger partial charge in [-0.05, 0) is 90.3 Å². The van der Waals surface area contributed by atoms with Gasteiger partial charge in [-0.2, -0.15) is 8.61 Å². The lowest BCUT2D eigenvalue weighted by Crippen LogP contribution is -2.48. The molecular weight excluding hydrogens is 944 g/mol. The number of hydrogen-bond donors (Lipinski definition) is 2. The third kappa shape index (κ3) is 13.6. The number of hydrogen-bond acceptors (Lipinski definition) is 10. The van der Waals surface area contributed by atoms with E-state index in [4.69, 9.17) is 23.2 Å². The van der Waals surface area contributed by atoms with Crippen molar-refractivity contribution in [1.82, 2.24) is 29.0 Å². The lowest BCUT2D eigenvalue weighted by molar-refractivity contribution is 0.0943. The first-order valence-corrected chi connectivity index (χ1v) is 26.4. The molecule has 2 aliphatic heterocycles. The third-order valence-electron chi connectivity index (χ3n) is 11.0. The summed E-state index contributed by atoms with van der Waals surface area (Å²) < 4.78 is 56.1. The van der Waals surface area contributed by atoms with Crippen molar-refractivity contribution in [2.75, 3.05) is 58.9 Å². The molecule has 8 rings (SSSR count). The van der Waals surface area contributed by atoms with Gasteiger partial charge in [0.15, 0.2) is 0 Å². The Morgan fingerprint density at radius 3 is 1.32 bits per heavy atom. The molecule has 342 valence electrons. The summed E-state index contributed by atoms with van der Waals surface area (Å²) in [7, 11) is -7.06. The Morgan fingerprint density at radius 2 is 0.892 bits per heavy atom. The number of sulfonamides is 2. The molecule has 2 amide bonds. The van der Waals surface area contributed by atoms with Gasteiger partial charge in [-0.25, -0.2) is 16.8 Å². The molecule has 0 atom stereocenters. The first kappa shape index (κ1) is 48.5. The van der Waals surface area contributed by atoms with Crippen molar-refractivity contribution >= 4 is 77.7 Å². The van der Waals surface area contributed by atoms with Gasteiger partial charge in [0.2, 0.25) is 0 Å². The molecule has 0 bridgehead atoms. The van der Waals surface area contributed by atoms with Crippen LogP contribution in [0, 0.1) is 0 Å². The summed E-state index contributed by atoms with van der Waals surface area (Å²) in [6.45, 7) is 7.04. The predicted molar refractivity (Wildman–Crippen MR) is 260 cm³/mol. The van der Waals surface area contributed by atoms with Crippen LogP contribution in [-0.4, -0.2) is 106 Å². The van der Waals surface area contributed by atoms with E-state index in [1.807, 2.05) is 36.4 Å². The van der Waals surface area contributed by atoms with Crippen molar-refractivity contribution in [3.63, 3.8) is 0 Å². The lowest BCUT2D eigenvalue weighted by atomic mass is 10.1. The summed E-state index contributed by atoms with van der Waals surface area (Å²) in [5, 5.41) is 6.78. The summed E-state index contributed by atoms with van der Waals surface area (Å²) in [6.07, 6.45) is 0.962. The van der Waals surface area contributed by atoms with Crippen LogP contribution in [0.2, 0.25) is 10.0 Å². The van der Waals surface area contributed by atoms with Crippen LogP contribution in [0.3, 0.4) is 0 Å². The summed E-state index contributed by atoms with van der Waals surface area (Å²) in [4.78, 5) is 30.7. The first-order chi connectivity index (χ1) is 31.3. The quantitative estimate of drug-likeness (QED) is 0.107. The molecule has 0 aliphatic carbocycles. The highest BCUT2D eigenvalue weighted by molar-refractivity contribution is 7.91. The average molecular weight is 994 g/mol. The van der Waals surface area contributed by atoms with E-state index in [1.165, 1.54) is 33.8 Å². The van der Waals surface area contributed by atoms with Gasteiger partial charge in [0.1, 0.15) is 8.42 Å². The van der Waals surface area contributed by atoms with Crippen LogP contribution in [-0.2, 0) is 46.1 Å². The van der Waals surface area contributed by atoms with Gasteiger partial charge in [0.25, 0.3) is 31.9 Å². The van der Waals surface area contributed by atoms with Gasteiger partial charge in [-0.3, -0.25) is 14.5 Å². The molecular formula is C47H50Cl2N6O6S4. The van der Waals surface area contributed by atoms with Gasteiger partial charge >= 0.3 is 0 Å². The number of benzene rings is 4. The van der Waals surface area contributed by atoms with Crippen LogP contribution in [0.15, 0.2) is 142 Å². The summed E-state index contributed by atoms with van der Waals surface area (Å²) >= 11 is 14.1. The molecule has 4 aromatic carbocycles. The maximum absolute atomic E-state index is 13.1. The maximum atomic E-state index is 13.1. The Bertz CT molecular complexity index is 2710. The predicted octanol–water partition coefficient (Wildman–Crippen LogP) is 7.72. The number of carbonyl (C=O) groups excluding carboxylic acids is 2. The molecule has 0 saturated carbocycles. The minimum Gasteiger partial charge on any atom is -0.347 e. The maximum Gasteiger partial charge on any atom is 0.252 e. The number of rotatable bonds is 15. The zero-order valence-corrected chi connectivity index (χ0v) is 40.3. The Kier molecular flexibility index (Phi) is 17.0. The van der Waals surface area contributed by atoms with Crippen LogP contribution in [0.4, 0.5) is 0 Å². The van der Waals surface area contributed by atoms with E-state index < -0.39 is 20.0 Å². The third-order valence-corrected chi connectivity index (χ3v) is 18.4. The SMILES string of the molecule is O=C(NCc1ccc(S(=O)(=O)N2CCN(CCc3ccccc3)CC2)s1)c1ccc(Cl)cc1.O=C(NCc1ccc(S(=O)(=O)N2CCN(Cc3ccccc3)CC2)s1)c1ccc(Cl)cc1. The van der Waals surface area contributed by atoms with Crippen molar-refractivity contribution < 1.29 is 26.4 Å². The van der Waals surface area contributed by atoms with Crippen LogP contribution in [0.25, 0.3) is 0 Å². The summed E-state index contributed by atoms with van der Waals surface area (Å²) in [6, 6.07) is 40.5. The smallest absolute Gasteiger partial charge is 0.252 e. The van der Waals surface area contributed by atoms with Crippen molar-refractivity contribution in [3.05, 3.63) is 176 Å². The van der Waals surface area contributed by atoms with Crippen LogP contribution in [0.1, 0.15) is 41.6 Å². The second-order valence-electron chi connectivity index (χ2n) is 15.5. The van der Waals surface area contributed by atoms with Crippen molar-refractivity contribution in [1.29, 1.82) is 0 Å². The molecule has 6 aromatic rings. The fraction of sp³-hybridized carbons (Fsp3) is 0.277. The number of nitrogens with one attached hydrogen (secondary N) is 2. The van der Waals surface area contributed by atoms with E-state index in [9.17, 15) is 26.4 Å². The van der Waals surface area contributed by atoms with Gasteiger partial charge in [-0.1, -0.05) is 83.9 Å². The molecule has 12 nitrogen and oxygen atoms in total. The minimum absolute atomic E-state index is 0.226. The number of nitrogens with zero attached hydrogens (tertiary/aromatic N) is 4. The molecule has 4 heterocycles. The largest absolute Gasteiger partial charge is 0.347 e. The second kappa shape index (κ2) is 22.8. The Labute approximate surface area is 399 Å². The van der Waals surface area contributed by atoms with E-state index in [0.29, 0.717) is 68.9 Å². The zero-order valence-electron chi connectivity index (χ0n) is 35.5. The van der Waals surface area contributed by atoms with Crippen molar-refractivity contribution in [2.45, 2.75) is 34.5 Å². The van der Waals surface area contributed by atoms with Crippen molar-refractivity contribution in [3.8, 4) is 0 Å². The van der Waals surface area contributed by atoms with E-state index >= 15 is 0 Å². The number of amides is 2. The second-order valence-corrected chi connectivity index (χ2v) is 23.0. The molecule has 2 N–H and O–H groups in total. The van der Waals surface area contributed by atoms with Gasteiger partial charge in [-0.15, -0.1) is 22.7 Å². The minimum atomic E-state index is -3.54. The molecule has 0 unspecified atom stereocenters. The number of carbonyl (C=O) groups is 2. The fourth-order valence-electron chi connectivity index (χ4n) is 7.27. The van der Waals surface area contributed by atoms with Gasteiger partial charge in [0, 0.05) is 96.4 Å². The monoisotopic (exact) mass is 992 g/mol. The zero-order chi connectivity index (χ0) is 45.8. The van der Waals surface area contributed by atoms with Crippen molar-refractivity contribution in [2.24, 2.45) is 0 Å². The van der Waals surface area contributed by atoms with E-state index in [1.54, 1.807) is 81.4 Å². The summed E-state index contributed by atoms with van der Waals surface area (Å²) in [5.74, 6) is -0.454. The van der Waals surface area contributed by atoms with E-state index in [0.717, 1.165) is 42.4 Å². The number of piperazine rings is 2. The molecule has 2 fully saturated rings. The van der Waals surface area contributed by atoms with Crippen LogP contribution in [0.5, 0.6) is 0 Å². The average Bonchev–Trinajstić information content (AvgIpc) is 4.03. The molecule has 65 heavy (non-hydrogen) atoms. The highest BCUT2D eigenvalue weighted by atomic mass is 35.5. The number of thiophene rings is 2. The molecule has 2 aromatic heterocycles. The molecule has 0 spiro atoms. The Morgan fingerprint density at radius 1 is 0.492 bits per heavy atom. The topological polar surface area (TPSA) is 139 Å². The van der Waals surface area contributed by atoms with Gasteiger partial charge in [0.05, 0.1) is 13.1 Å². The van der Waals surface area contributed by atoms with E-state index in [-0.39, 0.29) is 24.9 Å². The number of halogens is 2. The normalized spacial score (nSPS) is 15.5. The molecule has 0 radical (unpaired) electrons. The highest BCUT2D eigenvalue weighted by Gasteiger charge is 2.31. The molecule has 18 heteroatoms. The highest BCUT2D eigenvalue weighted by Crippen LogP contribution is 2.28. The molecule has 2 saturated heterocycles. The summed E-state index contributed by atoms with van der Waals surface area (Å²) in [5.41, 5.74) is 3.54. The Balaban J connectivity index is 0.000000194. The lowest BCUT2D eigenvalue weighted by Gasteiger charge is -2.33. The Hall–Kier alpha value is -4.46. The molecule has 2 aliphatic rings. The van der Waals surface area contributed by atoms with Crippen LogP contribution < -0.4 is 10.6 Å². The fourth-order valence-corrected chi connectivity index (χ4v) is 13.3. The van der Waals surface area contributed by atoms with E-state index in [2.05, 4.69) is 44.7 Å². The standard InChI is InChI=1S/C24H26ClN3O3S2.C23H24ClN3O3S2/c25-21-8-6-20(7-9-21)24(29)26-18-22-10-11-23(32-22)33(30,31)28-16-14-27(15-17-28)13-12-19-4-2-1-3-5-19;24-20-8-6-19(7-9-20)23(28)25-16-21-10-11-22(31-21)32(29,30)27-14-12-26(13-15-27)17-18-4-2-1-3-5-18/h1-11H,12-18H2,(H,26,29);1-11H,12-17H2,(H,25,28). The van der Waals surface area contributed by atoms with Gasteiger partial charge < -0.3 is 15.5 Å². The first-order valence-electron chi connectivity index (χ1n) is 21.1. The van der Waals surface area contributed by atoms with Crippen LogP contribution >= 0.6 is 45.9 Å².